The third kappa shape index (κ3) is 2.12. The lowest BCUT2D eigenvalue weighted by atomic mass is 10.0. The van der Waals surface area contributed by atoms with Gasteiger partial charge in [-0.15, -0.1) is 0 Å². The summed E-state index contributed by atoms with van der Waals surface area (Å²) < 4.78 is 10.1. The van der Waals surface area contributed by atoms with Gasteiger partial charge in [0.25, 0.3) is 0 Å². The molecule has 1 aromatic rings. The highest BCUT2D eigenvalue weighted by molar-refractivity contribution is 6.08. The van der Waals surface area contributed by atoms with E-state index >= 15 is 0 Å². The maximum absolute atomic E-state index is 12.0. The summed E-state index contributed by atoms with van der Waals surface area (Å²) in [5.74, 6) is -0.521. The molecule has 0 bridgehead atoms. The number of carbonyl (C=O) groups excluding carboxylic acids is 2. The van der Waals surface area contributed by atoms with E-state index < -0.39 is 11.7 Å². The maximum Gasteiger partial charge on any atom is 0.330 e. The Kier molecular flexibility index (Phi) is 3.16. The molecule has 5 nitrogen and oxygen atoms in total. The number of para-hydroxylation sites is 1. The number of ether oxygens (including phenoxy) is 2. The van der Waals surface area contributed by atoms with Gasteiger partial charge in [-0.3, -0.25) is 10.5 Å². The summed E-state index contributed by atoms with van der Waals surface area (Å²) in [7, 11) is 0. The van der Waals surface area contributed by atoms with Gasteiger partial charge in [-0.1, -0.05) is 12.1 Å². The summed E-state index contributed by atoms with van der Waals surface area (Å²) in [6, 6.07) is 6.75. The number of rotatable bonds is 3. The van der Waals surface area contributed by atoms with E-state index in [1.165, 1.54) is 6.08 Å². The van der Waals surface area contributed by atoms with Gasteiger partial charge in [-0.25, -0.2) is 4.79 Å². The highest BCUT2D eigenvalue weighted by Gasteiger charge is 2.42. The second kappa shape index (κ2) is 4.62. The minimum Gasteiger partial charge on any atom is -0.463 e. The Morgan fingerprint density at radius 3 is 2.89 bits per heavy atom. The summed E-state index contributed by atoms with van der Waals surface area (Å²) in [6.45, 7) is 1.95. The number of nitrogens with two attached hydrogens (primary N) is 1. The molecule has 0 aliphatic carbocycles. The first-order chi connectivity index (χ1) is 8.57. The van der Waals surface area contributed by atoms with Gasteiger partial charge < -0.3 is 9.47 Å². The van der Waals surface area contributed by atoms with E-state index in [9.17, 15) is 9.59 Å². The molecule has 1 aromatic carbocycles. The summed E-state index contributed by atoms with van der Waals surface area (Å²) >= 11 is 0. The average Bonchev–Trinajstić information content (AvgIpc) is 2.61. The van der Waals surface area contributed by atoms with E-state index in [2.05, 4.69) is 0 Å². The fraction of sp³-hybridized carbons (Fsp3) is 0.231. The molecule has 1 unspecified atom stereocenters. The average molecular weight is 247 g/mol. The lowest BCUT2D eigenvalue weighted by molar-refractivity contribution is -0.137. The fourth-order valence-corrected chi connectivity index (χ4v) is 1.67. The van der Waals surface area contributed by atoms with Crippen molar-refractivity contribution < 1.29 is 19.1 Å². The SMILES string of the molecule is CCOC(=O)/C=C/C1(N)Oc2ccccc2C1=O. The zero-order valence-corrected chi connectivity index (χ0v) is 9.88. The van der Waals surface area contributed by atoms with E-state index in [-0.39, 0.29) is 12.4 Å². The first-order valence-electron chi connectivity index (χ1n) is 5.54. The van der Waals surface area contributed by atoms with Crippen LogP contribution in [0, 0.1) is 0 Å². The molecule has 94 valence electrons. The zero-order chi connectivity index (χ0) is 13.2. The van der Waals surface area contributed by atoms with Crippen molar-refractivity contribution in [1.82, 2.24) is 0 Å². The van der Waals surface area contributed by atoms with E-state index in [1.807, 2.05) is 0 Å². The number of hydrogen-bond acceptors (Lipinski definition) is 5. The third-order valence-corrected chi connectivity index (χ3v) is 2.52. The Hall–Kier alpha value is -2.14. The monoisotopic (exact) mass is 247 g/mol. The van der Waals surface area contributed by atoms with Gasteiger partial charge >= 0.3 is 5.97 Å². The zero-order valence-electron chi connectivity index (χ0n) is 9.88. The number of Topliss-reactive ketones (excluding diaryl/α,β-unsaturated/α-hetero) is 1. The van der Waals surface area contributed by atoms with Crippen LogP contribution < -0.4 is 10.5 Å². The van der Waals surface area contributed by atoms with Crippen molar-refractivity contribution in [3.05, 3.63) is 42.0 Å². The number of ketones is 1. The minimum absolute atomic E-state index is 0.260. The Labute approximate surface area is 104 Å². The van der Waals surface area contributed by atoms with Crippen LogP contribution in [0.15, 0.2) is 36.4 Å². The number of fused-ring (bicyclic) bond motifs is 1. The summed E-state index contributed by atoms with van der Waals surface area (Å²) in [4.78, 5) is 23.2. The quantitative estimate of drug-likeness (QED) is 0.637. The fourth-order valence-electron chi connectivity index (χ4n) is 1.67. The van der Waals surface area contributed by atoms with Crippen LogP contribution in [0.4, 0.5) is 0 Å². The predicted octanol–water partition coefficient (Wildman–Crippen LogP) is 1.04. The normalized spacial score (nSPS) is 21.8. The smallest absolute Gasteiger partial charge is 0.330 e. The van der Waals surface area contributed by atoms with Crippen LogP contribution in [0.3, 0.4) is 0 Å². The lowest BCUT2D eigenvalue weighted by Gasteiger charge is -2.16. The van der Waals surface area contributed by atoms with Gasteiger partial charge in [0.15, 0.2) is 0 Å². The molecule has 1 heterocycles. The highest BCUT2D eigenvalue weighted by atomic mass is 16.5. The van der Waals surface area contributed by atoms with Crippen LogP contribution >= 0.6 is 0 Å². The summed E-state index contributed by atoms with van der Waals surface area (Å²) in [5.41, 5.74) is 4.61. The third-order valence-electron chi connectivity index (χ3n) is 2.52. The molecule has 18 heavy (non-hydrogen) atoms. The molecule has 2 rings (SSSR count). The molecule has 0 aromatic heterocycles. The standard InChI is InChI=1S/C13H13NO4/c1-2-17-11(15)7-8-13(14)12(16)9-5-3-4-6-10(9)18-13/h3-8H,2,14H2,1H3/b8-7+. The molecule has 0 saturated heterocycles. The van der Waals surface area contributed by atoms with Crippen molar-refractivity contribution in [2.24, 2.45) is 5.73 Å². The molecular weight excluding hydrogens is 234 g/mol. The van der Waals surface area contributed by atoms with Gasteiger partial charge in [0.2, 0.25) is 11.5 Å². The van der Waals surface area contributed by atoms with Crippen LogP contribution in [0.25, 0.3) is 0 Å². The van der Waals surface area contributed by atoms with Crippen molar-refractivity contribution in [3.63, 3.8) is 0 Å². The molecule has 1 aliphatic heterocycles. The molecular formula is C13H13NO4. The second-order valence-corrected chi connectivity index (χ2v) is 3.81. The Morgan fingerprint density at radius 1 is 1.50 bits per heavy atom. The summed E-state index contributed by atoms with van der Waals surface area (Å²) in [6.07, 6.45) is 2.32. The first kappa shape index (κ1) is 12.3. The largest absolute Gasteiger partial charge is 0.463 e. The van der Waals surface area contributed by atoms with Crippen molar-refractivity contribution in [2.45, 2.75) is 12.6 Å². The number of esters is 1. The van der Waals surface area contributed by atoms with Gasteiger partial charge in [0.1, 0.15) is 5.75 Å². The first-order valence-corrected chi connectivity index (χ1v) is 5.54. The molecule has 0 fully saturated rings. The van der Waals surface area contributed by atoms with Crippen LogP contribution in [0.5, 0.6) is 5.75 Å². The predicted molar refractivity (Wildman–Crippen MR) is 64.1 cm³/mol. The van der Waals surface area contributed by atoms with Gasteiger partial charge in [0, 0.05) is 6.08 Å². The van der Waals surface area contributed by atoms with E-state index in [0.717, 1.165) is 6.08 Å². The molecule has 1 aliphatic rings. The maximum atomic E-state index is 12.0. The Balaban J connectivity index is 2.21. The van der Waals surface area contributed by atoms with Gasteiger partial charge in [-0.05, 0) is 25.1 Å². The molecule has 5 heteroatoms. The molecule has 0 spiro atoms. The van der Waals surface area contributed by atoms with E-state index in [0.29, 0.717) is 11.3 Å². The number of benzene rings is 1. The van der Waals surface area contributed by atoms with Crippen LogP contribution in [0.2, 0.25) is 0 Å². The van der Waals surface area contributed by atoms with Crippen LogP contribution in [-0.2, 0) is 9.53 Å². The second-order valence-electron chi connectivity index (χ2n) is 3.81. The van der Waals surface area contributed by atoms with E-state index in [4.69, 9.17) is 15.2 Å². The van der Waals surface area contributed by atoms with Gasteiger partial charge in [-0.2, -0.15) is 0 Å². The Morgan fingerprint density at radius 2 is 2.22 bits per heavy atom. The van der Waals surface area contributed by atoms with Crippen molar-refractivity contribution in [1.29, 1.82) is 0 Å². The molecule has 0 radical (unpaired) electrons. The van der Waals surface area contributed by atoms with Gasteiger partial charge in [0.05, 0.1) is 12.2 Å². The Bertz CT molecular complexity index is 523. The van der Waals surface area contributed by atoms with Crippen LogP contribution in [0.1, 0.15) is 17.3 Å². The highest BCUT2D eigenvalue weighted by Crippen LogP contribution is 2.32. The molecule has 1 atom stereocenters. The number of hydrogen-bond donors (Lipinski definition) is 1. The van der Waals surface area contributed by atoms with Crippen molar-refractivity contribution in [3.8, 4) is 5.75 Å². The van der Waals surface area contributed by atoms with Crippen molar-refractivity contribution in [2.75, 3.05) is 6.61 Å². The van der Waals surface area contributed by atoms with Crippen LogP contribution in [-0.4, -0.2) is 24.1 Å². The van der Waals surface area contributed by atoms with Crippen molar-refractivity contribution >= 4 is 11.8 Å². The molecule has 0 saturated carbocycles. The van der Waals surface area contributed by atoms with E-state index in [1.54, 1.807) is 31.2 Å². The molecule has 2 N–H and O–H groups in total. The summed E-state index contributed by atoms with van der Waals surface area (Å²) in [5, 5.41) is 0. The minimum atomic E-state index is -1.63. The number of carbonyl (C=O) groups is 2. The molecule has 0 amide bonds. The topological polar surface area (TPSA) is 78.6 Å². The lowest BCUT2D eigenvalue weighted by Crippen LogP contribution is -2.47.